The molecule has 0 aromatic heterocycles. The third-order valence-corrected chi connectivity index (χ3v) is 2.07. The van der Waals surface area contributed by atoms with Gasteiger partial charge in [-0.3, -0.25) is 0 Å². The second kappa shape index (κ2) is 2.95. The van der Waals surface area contributed by atoms with E-state index in [4.69, 9.17) is 1.37 Å². The molecule has 1 heterocycles. The van der Waals surface area contributed by atoms with Gasteiger partial charge < -0.3 is 5.32 Å². The minimum atomic E-state index is -0.117. The van der Waals surface area contributed by atoms with Crippen molar-refractivity contribution >= 4 is 5.69 Å². The Bertz CT molecular complexity index is 272. The Morgan fingerprint density at radius 3 is 3.18 bits per heavy atom. The van der Waals surface area contributed by atoms with Gasteiger partial charge in [0.1, 0.15) is 0 Å². The summed E-state index contributed by atoms with van der Waals surface area (Å²) in [6.45, 7) is -0.117. The summed E-state index contributed by atoms with van der Waals surface area (Å²) in [6, 6.07) is 8.28. The van der Waals surface area contributed by atoms with E-state index in [1.54, 1.807) is 0 Å². The SMILES string of the molecule is [2H]C1CCCc2ccccc2N1. The molecule has 1 unspecified atom stereocenters. The quantitative estimate of drug-likeness (QED) is 0.596. The smallest absolute Gasteiger partial charge is 0.0490 e. The molecule has 0 radical (unpaired) electrons. The van der Waals surface area contributed by atoms with Crippen LogP contribution in [-0.4, -0.2) is 6.52 Å². The molecule has 1 heteroatoms. The molecule has 1 aliphatic heterocycles. The largest absolute Gasteiger partial charge is 0.385 e. The number of aryl methyl sites for hydroxylation is 1. The first kappa shape index (κ1) is 5.64. The maximum Gasteiger partial charge on any atom is 0.0490 e. The zero-order valence-corrected chi connectivity index (χ0v) is 6.51. The molecular formula is C10H13N. The fourth-order valence-electron chi connectivity index (χ4n) is 1.46. The molecule has 1 N–H and O–H groups in total. The highest BCUT2D eigenvalue weighted by Crippen LogP contribution is 2.19. The van der Waals surface area contributed by atoms with Crippen LogP contribution in [0, 0.1) is 0 Å². The average Bonchev–Trinajstić information content (AvgIpc) is 2.25. The van der Waals surface area contributed by atoms with E-state index in [1.165, 1.54) is 5.56 Å². The molecule has 1 nitrogen and oxygen atoms in total. The number of benzene rings is 1. The normalized spacial score (nSPS) is 24.4. The van der Waals surface area contributed by atoms with E-state index in [1.807, 2.05) is 6.07 Å². The summed E-state index contributed by atoms with van der Waals surface area (Å²) in [5.41, 5.74) is 2.50. The molecule has 0 spiro atoms. The van der Waals surface area contributed by atoms with Crippen molar-refractivity contribution in [2.75, 3.05) is 11.8 Å². The van der Waals surface area contributed by atoms with Crippen molar-refractivity contribution in [3.63, 3.8) is 0 Å². The predicted octanol–water partition coefficient (Wildman–Crippen LogP) is 2.43. The van der Waals surface area contributed by atoms with Crippen molar-refractivity contribution in [1.82, 2.24) is 0 Å². The van der Waals surface area contributed by atoms with E-state index in [-0.39, 0.29) is 6.52 Å². The molecule has 1 aromatic rings. The van der Waals surface area contributed by atoms with Crippen LogP contribution in [0.4, 0.5) is 5.69 Å². The number of anilines is 1. The highest BCUT2D eigenvalue weighted by Gasteiger charge is 2.04. The maximum absolute atomic E-state index is 7.63. The van der Waals surface area contributed by atoms with Gasteiger partial charge in [0.05, 0.1) is 0 Å². The molecule has 0 saturated heterocycles. The van der Waals surface area contributed by atoms with Gasteiger partial charge in [-0.2, -0.15) is 0 Å². The van der Waals surface area contributed by atoms with Gasteiger partial charge >= 0.3 is 0 Å². The highest BCUT2D eigenvalue weighted by molar-refractivity contribution is 5.51. The fourth-order valence-corrected chi connectivity index (χ4v) is 1.46. The van der Waals surface area contributed by atoms with Crippen LogP contribution in [0.2, 0.25) is 0 Å². The van der Waals surface area contributed by atoms with Crippen molar-refractivity contribution in [3.05, 3.63) is 29.8 Å². The zero-order valence-electron chi connectivity index (χ0n) is 7.51. The Balaban J connectivity index is 2.31. The van der Waals surface area contributed by atoms with Crippen molar-refractivity contribution in [2.24, 2.45) is 0 Å². The lowest BCUT2D eigenvalue weighted by atomic mass is 10.1. The number of hydrogen-bond donors (Lipinski definition) is 1. The summed E-state index contributed by atoms with van der Waals surface area (Å²) in [5.74, 6) is 0. The number of nitrogens with one attached hydrogen (secondary N) is 1. The molecule has 0 saturated carbocycles. The second-order valence-corrected chi connectivity index (χ2v) is 2.90. The lowest BCUT2D eigenvalue weighted by molar-refractivity contribution is 0.785. The lowest BCUT2D eigenvalue weighted by Gasteiger charge is -2.04. The minimum Gasteiger partial charge on any atom is -0.385 e. The van der Waals surface area contributed by atoms with Crippen molar-refractivity contribution < 1.29 is 1.37 Å². The summed E-state index contributed by atoms with van der Waals surface area (Å²) < 4.78 is 7.63. The summed E-state index contributed by atoms with van der Waals surface area (Å²) in [6.07, 6.45) is 3.19. The van der Waals surface area contributed by atoms with Crippen LogP contribution in [0.3, 0.4) is 0 Å². The van der Waals surface area contributed by atoms with Gasteiger partial charge in [-0.15, -0.1) is 0 Å². The van der Waals surface area contributed by atoms with E-state index >= 15 is 0 Å². The number of para-hydroxylation sites is 1. The van der Waals surface area contributed by atoms with Crippen LogP contribution < -0.4 is 5.32 Å². The first-order valence-electron chi connectivity index (χ1n) is 4.71. The Morgan fingerprint density at radius 2 is 2.18 bits per heavy atom. The van der Waals surface area contributed by atoms with Gasteiger partial charge in [0.15, 0.2) is 0 Å². The molecule has 58 valence electrons. The molecular weight excluding hydrogens is 134 g/mol. The molecule has 0 bridgehead atoms. The predicted molar refractivity (Wildman–Crippen MR) is 47.9 cm³/mol. The Hall–Kier alpha value is -0.980. The fraction of sp³-hybridized carbons (Fsp3) is 0.400. The summed E-state index contributed by atoms with van der Waals surface area (Å²) in [4.78, 5) is 0. The van der Waals surface area contributed by atoms with Crippen LogP contribution in [0.15, 0.2) is 24.3 Å². The van der Waals surface area contributed by atoms with Crippen LogP contribution >= 0.6 is 0 Å². The average molecular weight is 148 g/mol. The third-order valence-electron chi connectivity index (χ3n) is 2.07. The van der Waals surface area contributed by atoms with Gasteiger partial charge in [0.2, 0.25) is 0 Å². The number of hydrogen-bond acceptors (Lipinski definition) is 1. The molecule has 11 heavy (non-hydrogen) atoms. The molecule has 1 aliphatic rings. The monoisotopic (exact) mass is 148 g/mol. The van der Waals surface area contributed by atoms with E-state index < -0.39 is 0 Å². The molecule has 0 aliphatic carbocycles. The first-order chi connectivity index (χ1) is 5.86. The number of fused-ring (bicyclic) bond motifs is 1. The van der Waals surface area contributed by atoms with Gasteiger partial charge in [0.25, 0.3) is 0 Å². The molecule has 1 aromatic carbocycles. The van der Waals surface area contributed by atoms with Crippen LogP contribution in [0.5, 0.6) is 0 Å². The summed E-state index contributed by atoms with van der Waals surface area (Å²) in [7, 11) is 0. The molecule has 0 fully saturated rings. The van der Waals surface area contributed by atoms with Gasteiger partial charge in [-0.05, 0) is 30.9 Å². The number of rotatable bonds is 0. The zero-order chi connectivity index (χ0) is 8.39. The van der Waals surface area contributed by atoms with Gasteiger partial charge in [-0.1, -0.05) is 18.2 Å². The van der Waals surface area contributed by atoms with Gasteiger partial charge in [-0.25, -0.2) is 0 Å². The Morgan fingerprint density at radius 1 is 1.27 bits per heavy atom. The second-order valence-electron chi connectivity index (χ2n) is 2.90. The van der Waals surface area contributed by atoms with Gasteiger partial charge in [0, 0.05) is 13.6 Å². The molecule has 1 atom stereocenters. The Kier molecular flexibility index (Phi) is 1.51. The summed E-state index contributed by atoms with van der Waals surface area (Å²) in [5, 5.41) is 3.19. The van der Waals surface area contributed by atoms with Crippen LogP contribution in [0.1, 0.15) is 19.8 Å². The lowest BCUT2D eigenvalue weighted by Crippen LogP contribution is -1.98. The topological polar surface area (TPSA) is 12.0 Å². The third kappa shape index (κ3) is 1.37. The highest BCUT2D eigenvalue weighted by atomic mass is 14.9. The van der Waals surface area contributed by atoms with E-state index in [9.17, 15) is 0 Å². The summed E-state index contributed by atoms with van der Waals surface area (Å²) >= 11 is 0. The van der Waals surface area contributed by atoms with E-state index in [0.717, 1.165) is 24.9 Å². The van der Waals surface area contributed by atoms with Crippen molar-refractivity contribution in [2.45, 2.75) is 19.3 Å². The standard InChI is InChI=1S/C10H13N/c1-2-7-10-9(5-1)6-3-4-8-11-10/h1-2,5,7,11H,3-4,6,8H2/i8D. The van der Waals surface area contributed by atoms with Crippen molar-refractivity contribution in [1.29, 1.82) is 0 Å². The Labute approximate surface area is 68.8 Å². The maximum atomic E-state index is 7.63. The van der Waals surface area contributed by atoms with E-state index in [2.05, 4.69) is 23.5 Å². The molecule has 2 rings (SSSR count). The minimum absolute atomic E-state index is 0.117. The molecule has 0 amide bonds. The van der Waals surface area contributed by atoms with Crippen LogP contribution in [0.25, 0.3) is 0 Å². The van der Waals surface area contributed by atoms with Crippen molar-refractivity contribution in [3.8, 4) is 0 Å². The van der Waals surface area contributed by atoms with Crippen LogP contribution in [-0.2, 0) is 6.42 Å². The van der Waals surface area contributed by atoms with E-state index in [0.29, 0.717) is 0 Å². The first-order valence-corrected chi connectivity index (χ1v) is 4.13.